The zero-order valence-corrected chi connectivity index (χ0v) is 19.0. The molecule has 1 aliphatic rings. The minimum absolute atomic E-state index is 0.0211. The zero-order chi connectivity index (χ0) is 23.6. The molecule has 6 nitrogen and oxygen atoms in total. The summed E-state index contributed by atoms with van der Waals surface area (Å²) in [5.41, 5.74) is 1.63. The number of carbonyl (C=O) groups is 2. The maximum atomic E-state index is 13.9. The molecular weight excluding hydrogens is 465 g/mol. The Balaban J connectivity index is 1.53. The van der Waals surface area contributed by atoms with Crippen LogP contribution in [0, 0.1) is 12.7 Å². The second-order valence-corrected chi connectivity index (χ2v) is 9.82. The third kappa shape index (κ3) is 5.15. The van der Waals surface area contributed by atoms with E-state index in [2.05, 4.69) is 0 Å². The molecule has 0 atom stereocenters. The SMILES string of the molecule is Cc1ccc(S(=O)(=O)Oc2cccc(/C=C3\SC(=O)N(Cc4ccccc4F)C3=O)c2)cc1. The van der Waals surface area contributed by atoms with Crippen LogP contribution in [0.3, 0.4) is 0 Å². The summed E-state index contributed by atoms with van der Waals surface area (Å²) in [7, 11) is -4.03. The van der Waals surface area contributed by atoms with Crippen LogP contribution < -0.4 is 4.18 Å². The van der Waals surface area contributed by atoms with Crippen molar-refractivity contribution in [3.63, 3.8) is 0 Å². The summed E-state index contributed by atoms with van der Waals surface area (Å²) in [6, 6.07) is 18.4. The Morgan fingerprint density at radius 3 is 2.45 bits per heavy atom. The number of halogens is 1. The molecule has 3 aromatic carbocycles. The van der Waals surface area contributed by atoms with E-state index < -0.39 is 27.1 Å². The maximum absolute atomic E-state index is 13.9. The van der Waals surface area contributed by atoms with Crippen molar-refractivity contribution < 1.29 is 26.6 Å². The molecule has 4 rings (SSSR count). The molecule has 0 aromatic heterocycles. The van der Waals surface area contributed by atoms with Crippen molar-refractivity contribution >= 4 is 39.1 Å². The summed E-state index contributed by atoms with van der Waals surface area (Å²) < 4.78 is 44.2. The molecule has 0 spiro atoms. The quantitative estimate of drug-likeness (QED) is 0.357. The molecule has 1 aliphatic heterocycles. The minimum Gasteiger partial charge on any atom is -0.379 e. The number of nitrogens with zero attached hydrogens (tertiary/aromatic N) is 1. The van der Waals surface area contributed by atoms with E-state index in [4.69, 9.17) is 4.18 Å². The molecule has 0 unspecified atom stereocenters. The van der Waals surface area contributed by atoms with Crippen LogP contribution >= 0.6 is 11.8 Å². The molecule has 0 radical (unpaired) electrons. The van der Waals surface area contributed by atoms with Crippen molar-refractivity contribution in [3.8, 4) is 5.75 Å². The van der Waals surface area contributed by atoms with E-state index in [1.54, 1.807) is 30.3 Å². The third-order valence-electron chi connectivity index (χ3n) is 4.83. The van der Waals surface area contributed by atoms with Gasteiger partial charge in [0, 0.05) is 5.56 Å². The zero-order valence-electron chi connectivity index (χ0n) is 17.4. The van der Waals surface area contributed by atoms with Crippen LogP contribution in [0.25, 0.3) is 6.08 Å². The average Bonchev–Trinajstić information content (AvgIpc) is 3.03. The largest absolute Gasteiger partial charge is 0.379 e. The molecule has 2 amide bonds. The van der Waals surface area contributed by atoms with Gasteiger partial charge in [-0.1, -0.05) is 48.0 Å². The van der Waals surface area contributed by atoms with Gasteiger partial charge in [0.1, 0.15) is 16.5 Å². The van der Waals surface area contributed by atoms with Crippen LogP contribution in [-0.2, 0) is 21.5 Å². The van der Waals surface area contributed by atoms with Crippen LogP contribution in [-0.4, -0.2) is 24.5 Å². The smallest absolute Gasteiger partial charge is 0.339 e. The van der Waals surface area contributed by atoms with E-state index in [9.17, 15) is 22.4 Å². The Morgan fingerprint density at radius 2 is 1.73 bits per heavy atom. The molecule has 168 valence electrons. The van der Waals surface area contributed by atoms with Gasteiger partial charge in [0.15, 0.2) is 0 Å². The molecule has 0 N–H and O–H groups in total. The summed E-state index contributed by atoms with van der Waals surface area (Å²) in [4.78, 5) is 26.2. The lowest BCUT2D eigenvalue weighted by molar-refractivity contribution is -0.123. The molecule has 1 saturated heterocycles. The van der Waals surface area contributed by atoms with Crippen molar-refractivity contribution in [2.75, 3.05) is 0 Å². The van der Waals surface area contributed by atoms with Gasteiger partial charge < -0.3 is 4.18 Å². The van der Waals surface area contributed by atoms with Gasteiger partial charge in [-0.25, -0.2) is 4.39 Å². The third-order valence-corrected chi connectivity index (χ3v) is 7.00. The summed E-state index contributed by atoms with van der Waals surface area (Å²) in [6.45, 7) is 1.67. The highest BCUT2D eigenvalue weighted by atomic mass is 32.2. The first-order valence-corrected chi connectivity index (χ1v) is 12.1. The highest BCUT2D eigenvalue weighted by molar-refractivity contribution is 8.18. The van der Waals surface area contributed by atoms with Gasteiger partial charge >= 0.3 is 10.1 Å². The van der Waals surface area contributed by atoms with Gasteiger partial charge in [-0.05, 0) is 60.7 Å². The number of aryl methyl sites for hydroxylation is 1. The molecule has 33 heavy (non-hydrogen) atoms. The fourth-order valence-corrected chi connectivity index (χ4v) is 4.88. The molecular formula is C24H18FNO5S2. The van der Waals surface area contributed by atoms with Crippen LogP contribution in [0.2, 0.25) is 0 Å². The van der Waals surface area contributed by atoms with E-state index in [-0.39, 0.29) is 27.7 Å². The second-order valence-electron chi connectivity index (χ2n) is 7.28. The van der Waals surface area contributed by atoms with E-state index in [0.717, 1.165) is 22.2 Å². The summed E-state index contributed by atoms with van der Waals surface area (Å²) in [5, 5.41) is -0.510. The Kier molecular flexibility index (Phi) is 6.35. The Labute approximate surface area is 194 Å². The van der Waals surface area contributed by atoms with Crippen molar-refractivity contribution in [2.24, 2.45) is 0 Å². The van der Waals surface area contributed by atoms with E-state index in [0.29, 0.717) is 5.56 Å². The number of amides is 2. The number of hydrogen-bond donors (Lipinski definition) is 0. The lowest BCUT2D eigenvalue weighted by atomic mass is 10.2. The van der Waals surface area contributed by atoms with Crippen molar-refractivity contribution in [2.45, 2.75) is 18.4 Å². The summed E-state index contributed by atoms with van der Waals surface area (Å²) >= 11 is 0.736. The molecule has 1 fully saturated rings. The fraction of sp³-hybridized carbons (Fsp3) is 0.0833. The van der Waals surface area contributed by atoms with E-state index >= 15 is 0 Å². The van der Waals surface area contributed by atoms with Gasteiger partial charge in [0.2, 0.25) is 0 Å². The standard InChI is InChI=1S/C24H18FNO5S2/c1-16-9-11-20(12-10-16)33(29,30)31-19-7-4-5-17(13-19)14-22-23(27)26(24(28)32-22)15-18-6-2-3-8-21(18)25/h2-14H,15H2,1H3/b22-14-. The van der Waals surface area contributed by atoms with Crippen molar-refractivity contribution in [1.82, 2.24) is 4.90 Å². The first-order chi connectivity index (χ1) is 15.7. The normalized spacial score (nSPS) is 15.3. The first kappa shape index (κ1) is 22.8. The number of carbonyl (C=O) groups excluding carboxylic acids is 2. The molecule has 0 saturated carbocycles. The molecule has 0 aliphatic carbocycles. The second kappa shape index (κ2) is 9.21. The first-order valence-electron chi connectivity index (χ1n) is 9.83. The van der Waals surface area contributed by atoms with Gasteiger partial charge in [-0.15, -0.1) is 0 Å². The van der Waals surface area contributed by atoms with Gasteiger partial charge in [0.25, 0.3) is 11.1 Å². The lowest BCUT2D eigenvalue weighted by Crippen LogP contribution is -2.27. The topological polar surface area (TPSA) is 80.8 Å². The molecule has 3 aromatic rings. The number of thioether (sulfide) groups is 1. The average molecular weight is 484 g/mol. The maximum Gasteiger partial charge on any atom is 0.339 e. The number of imide groups is 1. The van der Waals surface area contributed by atoms with Gasteiger partial charge in [0.05, 0.1) is 11.4 Å². The van der Waals surface area contributed by atoms with Crippen LogP contribution in [0.4, 0.5) is 9.18 Å². The summed E-state index contributed by atoms with van der Waals surface area (Å²) in [5.74, 6) is -0.984. The highest BCUT2D eigenvalue weighted by Gasteiger charge is 2.35. The highest BCUT2D eigenvalue weighted by Crippen LogP contribution is 2.34. The predicted octanol–water partition coefficient (Wildman–Crippen LogP) is 5.14. The summed E-state index contributed by atoms with van der Waals surface area (Å²) in [6.07, 6.45) is 1.47. The minimum atomic E-state index is -4.03. The van der Waals surface area contributed by atoms with Crippen LogP contribution in [0.5, 0.6) is 5.75 Å². The molecule has 0 bridgehead atoms. The molecule has 9 heteroatoms. The van der Waals surface area contributed by atoms with Crippen molar-refractivity contribution in [3.05, 3.63) is 100 Å². The number of hydrogen-bond acceptors (Lipinski definition) is 6. The fourth-order valence-electron chi connectivity index (χ4n) is 3.12. The Bertz CT molecular complexity index is 1370. The van der Waals surface area contributed by atoms with Crippen molar-refractivity contribution in [1.29, 1.82) is 0 Å². The lowest BCUT2D eigenvalue weighted by Gasteiger charge is -2.12. The van der Waals surface area contributed by atoms with Gasteiger partial charge in [-0.3, -0.25) is 14.5 Å². The Hall–Kier alpha value is -3.43. The van der Waals surface area contributed by atoms with E-state index in [1.807, 2.05) is 6.92 Å². The van der Waals surface area contributed by atoms with Gasteiger partial charge in [-0.2, -0.15) is 8.42 Å². The number of benzene rings is 3. The monoisotopic (exact) mass is 483 g/mol. The van der Waals surface area contributed by atoms with Crippen LogP contribution in [0.15, 0.2) is 82.6 Å². The predicted molar refractivity (Wildman–Crippen MR) is 123 cm³/mol. The van der Waals surface area contributed by atoms with Crippen LogP contribution in [0.1, 0.15) is 16.7 Å². The van der Waals surface area contributed by atoms with E-state index in [1.165, 1.54) is 48.5 Å². The number of rotatable bonds is 6. The Morgan fingerprint density at radius 1 is 1.00 bits per heavy atom. The molecule has 1 heterocycles.